The van der Waals surface area contributed by atoms with Crippen molar-refractivity contribution in [1.82, 2.24) is 9.78 Å². The minimum atomic E-state index is -0.0780. The van der Waals surface area contributed by atoms with Gasteiger partial charge in [0.2, 0.25) is 0 Å². The molecule has 20 heavy (non-hydrogen) atoms. The number of halogens is 1. The largest absolute Gasteiger partial charge is 0.383 e. The predicted molar refractivity (Wildman–Crippen MR) is 83.2 cm³/mol. The normalized spacial score (nSPS) is 19.0. The second-order valence-electron chi connectivity index (χ2n) is 5.10. The Morgan fingerprint density at radius 2 is 2.40 bits per heavy atom. The van der Waals surface area contributed by atoms with Crippen LogP contribution in [0.15, 0.2) is 15.5 Å². The lowest BCUT2D eigenvalue weighted by Crippen LogP contribution is -2.25. The second-order valence-corrected chi connectivity index (χ2v) is 5.90. The van der Waals surface area contributed by atoms with E-state index in [0.29, 0.717) is 17.1 Å². The second kappa shape index (κ2) is 7.78. The van der Waals surface area contributed by atoms with E-state index in [1.54, 1.807) is 6.20 Å². The lowest BCUT2D eigenvalue weighted by molar-refractivity contribution is 0.0134. The van der Waals surface area contributed by atoms with Gasteiger partial charge in [-0.15, -0.1) is 0 Å². The minimum Gasteiger partial charge on any atom is -0.383 e. The molecule has 0 spiro atoms. The molecule has 1 saturated heterocycles. The third kappa shape index (κ3) is 4.06. The molecule has 1 aliphatic rings. The van der Waals surface area contributed by atoms with Crippen LogP contribution in [0, 0.1) is 0 Å². The molecule has 1 unspecified atom stereocenters. The van der Waals surface area contributed by atoms with Crippen molar-refractivity contribution >= 4 is 21.6 Å². The van der Waals surface area contributed by atoms with Crippen molar-refractivity contribution < 1.29 is 4.74 Å². The van der Waals surface area contributed by atoms with Gasteiger partial charge in [0.25, 0.3) is 5.56 Å². The zero-order valence-electron chi connectivity index (χ0n) is 11.9. The van der Waals surface area contributed by atoms with Crippen LogP contribution in [0.5, 0.6) is 0 Å². The number of nitrogens with zero attached hydrogens (tertiary/aromatic N) is 2. The maximum atomic E-state index is 12.0. The van der Waals surface area contributed by atoms with Crippen LogP contribution in [0.3, 0.4) is 0 Å². The fourth-order valence-electron chi connectivity index (χ4n) is 2.36. The van der Waals surface area contributed by atoms with Gasteiger partial charge in [-0.2, -0.15) is 5.10 Å². The van der Waals surface area contributed by atoms with Crippen molar-refractivity contribution in [3.05, 3.63) is 21.0 Å². The quantitative estimate of drug-likeness (QED) is 0.862. The van der Waals surface area contributed by atoms with Crippen LogP contribution in [0.4, 0.5) is 5.69 Å². The number of hydrogen-bond donors (Lipinski definition) is 1. The zero-order valence-corrected chi connectivity index (χ0v) is 13.5. The van der Waals surface area contributed by atoms with E-state index in [0.717, 1.165) is 38.1 Å². The molecular weight excluding hydrogens is 322 g/mol. The number of aromatic nitrogens is 2. The summed E-state index contributed by atoms with van der Waals surface area (Å²) in [6.45, 7) is 4.34. The summed E-state index contributed by atoms with van der Waals surface area (Å²) in [6, 6.07) is 0. The Kier molecular flexibility index (Phi) is 6.04. The highest BCUT2D eigenvalue weighted by Gasteiger charge is 2.14. The maximum absolute atomic E-state index is 12.0. The highest BCUT2D eigenvalue weighted by atomic mass is 79.9. The zero-order chi connectivity index (χ0) is 14.4. The third-order valence-electron chi connectivity index (χ3n) is 3.48. The van der Waals surface area contributed by atoms with Crippen LogP contribution in [-0.2, 0) is 11.3 Å². The SMILES string of the molecule is CCCn1ncc(NCCC2CCCCO2)c(Br)c1=O. The van der Waals surface area contributed by atoms with E-state index in [1.807, 2.05) is 6.92 Å². The first kappa shape index (κ1) is 15.5. The van der Waals surface area contributed by atoms with E-state index >= 15 is 0 Å². The average molecular weight is 344 g/mol. The van der Waals surface area contributed by atoms with Gasteiger partial charge in [-0.1, -0.05) is 6.92 Å². The molecule has 0 radical (unpaired) electrons. The number of nitrogens with one attached hydrogen (secondary N) is 1. The number of aryl methyl sites for hydroxylation is 1. The summed E-state index contributed by atoms with van der Waals surface area (Å²) in [7, 11) is 0. The van der Waals surface area contributed by atoms with Gasteiger partial charge in [0.1, 0.15) is 4.47 Å². The Morgan fingerprint density at radius 3 is 3.10 bits per heavy atom. The third-order valence-corrected chi connectivity index (χ3v) is 4.24. The average Bonchev–Trinajstić information content (AvgIpc) is 2.48. The van der Waals surface area contributed by atoms with Gasteiger partial charge >= 0.3 is 0 Å². The summed E-state index contributed by atoms with van der Waals surface area (Å²) in [6.07, 6.45) is 7.49. The Balaban J connectivity index is 1.89. The topological polar surface area (TPSA) is 56.1 Å². The van der Waals surface area contributed by atoms with E-state index in [1.165, 1.54) is 17.5 Å². The molecule has 0 aromatic carbocycles. The van der Waals surface area contributed by atoms with E-state index in [9.17, 15) is 4.79 Å². The first-order valence-corrected chi connectivity index (χ1v) is 8.12. The monoisotopic (exact) mass is 343 g/mol. The summed E-state index contributed by atoms with van der Waals surface area (Å²) < 4.78 is 7.73. The van der Waals surface area contributed by atoms with Crippen molar-refractivity contribution in [3.8, 4) is 0 Å². The highest BCUT2D eigenvalue weighted by Crippen LogP contribution is 2.18. The van der Waals surface area contributed by atoms with Crippen molar-refractivity contribution in [2.75, 3.05) is 18.5 Å². The van der Waals surface area contributed by atoms with Gasteiger partial charge in [0, 0.05) is 19.7 Å². The molecule has 1 aromatic heterocycles. The summed E-state index contributed by atoms with van der Waals surface area (Å²) >= 11 is 3.36. The minimum absolute atomic E-state index is 0.0780. The smallest absolute Gasteiger partial charge is 0.283 e. The van der Waals surface area contributed by atoms with Crippen LogP contribution in [0.25, 0.3) is 0 Å². The number of rotatable bonds is 6. The van der Waals surface area contributed by atoms with Crippen molar-refractivity contribution in [3.63, 3.8) is 0 Å². The Morgan fingerprint density at radius 1 is 1.55 bits per heavy atom. The van der Waals surface area contributed by atoms with Crippen LogP contribution >= 0.6 is 15.9 Å². The molecule has 5 nitrogen and oxygen atoms in total. The lowest BCUT2D eigenvalue weighted by Gasteiger charge is -2.22. The van der Waals surface area contributed by atoms with Crippen molar-refractivity contribution in [1.29, 1.82) is 0 Å². The first-order chi connectivity index (χ1) is 9.72. The van der Waals surface area contributed by atoms with E-state index in [2.05, 4.69) is 26.3 Å². The molecule has 1 N–H and O–H groups in total. The fourth-order valence-corrected chi connectivity index (χ4v) is 2.81. The predicted octanol–water partition coefficient (Wildman–Crippen LogP) is 2.79. The van der Waals surface area contributed by atoms with E-state index in [-0.39, 0.29) is 5.56 Å². The summed E-state index contributed by atoms with van der Waals surface area (Å²) in [5.41, 5.74) is 0.684. The fraction of sp³-hybridized carbons (Fsp3) is 0.714. The van der Waals surface area contributed by atoms with Crippen molar-refractivity contribution in [2.24, 2.45) is 0 Å². The highest BCUT2D eigenvalue weighted by molar-refractivity contribution is 9.10. The molecule has 2 heterocycles. The molecule has 1 aliphatic heterocycles. The van der Waals surface area contributed by atoms with Gasteiger partial charge in [-0.05, 0) is 48.0 Å². The molecule has 1 fully saturated rings. The van der Waals surface area contributed by atoms with Gasteiger partial charge in [-0.25, -0.2) is 4.68 Å². The van der Waals surface area contributed by atoms with Crippen LogP contribution in [0.1, 0.15) is 39.0 Å². The molecular formula is C14H22BrN3O2. The van der Waals surface area contributed by atoms with Crippen LogP contribution in [-0.4, -0.2) is 29.0 Å². The molecule has 6 heteroatoms. The molecule has 1 aromatic rings. The van der Waals surface area contributed by atoms with Gasteiger partial charge in [-0.3, -0.25) is 4.79 Å². The van der Waals surface area contributed by atoms with Crippen molar-refractivity contribution in [2.45, 2.75) is 51.7 Å². The van der Waals surface area contributed by atoms with Crippen LogP contribution < -0.4 is 10.9 Å². The van der Waals surface area contributed by atoms with Gasteiger partial charge in [0.15, 0.2) is 0 Å². The van der Waals surface area contributed by atoms with Gasteiger partial charge in [0.05, 0.1) is 18.0 Å². The molecule has 2 rings (SSSR count). The summed E-state index contributed by atoms with van der Waals surface area (Å²) in [4.78, 5) is 12.0. The Hall–Kier alpha value is -0.880. The molecule has 0 saturated carbocycles. The molecule has 112 valence electrons. The number of ether oxygens (including phenoxy) is 1. The first-order valence-electron chi connectivity index (χ1n) is 7.33. The van der Waals surface area contributed by atoms with Gasteiger partial charge < -0.3 is 10.1 Å². The van der Waals surface area contributed by atoms with Crippen LogP contribution in [0.2, 0.25) is 0 Å². The summed E-state index contributed by atoms with van der Waals surface area (Å²) in [5.74, 6) is 0. The maximum Gasteiger partial charge on any atom is 0.283 e. The van der Waals surface area contributed by atoms with E-state index < -0.39 is 0 Å². The lowest BCUT2D eigenvalue weighted by atomic mass is 10.1. The standard InChI is InChI=1S/C14H22BrN3O2/c1-2-8-18-14(19)13(15)12(10-17-18)16-7-6-11-5-3-4-9-20-11/h10-11,16H,2-9H2,1H3. The molecule has 0 aliphatic carbocycles. The number of anilines is 1. The molecule has 1 atom stereocenters. The Bertz CT molecular complexity index is 484. The Labute approximate surface area is 127 Å². The molecule has 0 bridgehead atoms. The number of hydrogen-bond acceptors (Lipinski definition) is 4. The summed E-state index contributed by atoms with van der Waals surface area (Å²) in [5, 5.41) is 7.44. The molecule has 0 amide bonds. The van der Waals surface area contributed by atoms with E-state index in [4.69, 9.17) is 4.74 Å².